The molecule has 5 rings (SSSR count). The van der Waals surface area contributed by atoms with Crippen LogP contribution in [0.25, 0.3) is 22.2 Å². The van der Waals surface area contributed by atoms with Gasteiger partial charge in [-0.15, -0.1) is 0 Å². The number of anilines is 2. The van der Waals surface area contributed by atoms with Crippen molar-refractivity contribution in [3.63, 3.8) is 0 Å². The van der Waals surface area contributed by atoms with Crippen molar-refractivity contribution in [2.45, 2.75) is 39.2 Å². The highest BCUT2D eigenvalue weighted by molar-refractivity contribution is 5.93. The molecule has 0 saturated carbocycles. The number of carbonyl (C=O) groups excluding carboxylic acids is 1. The van der Waals surface area contributed by atoms with Gasteiger partial charge in [0.1, 0.15) is 0 Å². The number of benzene rings is 3. The Labute approximate surface area is 207 Å². The molecule has 1 amide bonds. The molecule has 4 N–H and O–H groups in total. The maximum atomic E-state index is 12.1. The van der Waals surface area contributed by atoms with Crippen molar-refractivity contribution < 1.29 is 4.79 Å². The Hall–Kier alpha value is -3.57. The number of H-pyrrole nitrogens is 1. The summed E-state index contributed by atoms with van der Waals surface area (Å²) in [6.45, 7) is 6.80. The predicted octanol–water partition coefficient (Wildman–Crippen LogP) is 6.39. The Balaban J connectivity index is 1.32. The molecule has 1 saturated heterocycles. The molecule has 0 atom stereocenters. The van der Waals surface area contributed by atoms with E-state index in [0.29, 0.717) is 5.92 Å². The van der Waals surface area contributed by atoms with Crippen molar-refractivity contribution in [3.05, 3.63) is 83.9 Å². The van der Waals surface area contributed by atoms with Crippen LogP contribution in [0.2, 0.25) is 0 Å². The number of aromatic amines is 1. The number of nitrogens with two attached hydrogens (primary N) is 1. The summed E-state index contributed by atoms with van der Waals surface area (Å²) in [5, 5.41) is 4.30. The Kier molecular flexibility index (Phi) is 6.60. The van der Waals surface area contributed by atoms with Crippen LogP contribution in [0.5, 0.6) is 0 Å². The standard InChI is InChI=1S/C30H34N4O/c1-20(2)30(35)32-23-9-7-8-22(18-23)21-14-16-34(17-15-21)19-26-24-10-4-6-13-28(24)33-29(26)25-11-3-5-12-27(25)31/h3-13,18,20-21,33H,14-17,19,31H2,1-2H3,(H,32,35). The lowest BCUT2D eigenvalue weighted by molar-refractivity contribution is -0.118. The lowest BCUT2D eigenvalue weighted by atomic mass is 9.89. The lowest BCUT2D eigenvalue weighted by Crippen LogP contribution is -2.32. The molecular formula is C30H34N4O. The van der Waals surface area contributed by atoms with Gasteiger partial charge in [-0.3, -0.25) is 9.69 Å². The average molecular weight is 467 g/mol. The number of aromatic nitrogens is 1. The minimum Gasteiger partial charge on any atom is -0.398 e. The van der Waals surface area contributed by atoms with Gasteiger partial charge in [-0.25, -0.2) is 0 Å². The fourth-order valence-electron chi connectivity index (χ4n) is 5.12. The van der Waals surface area contributed by atoms with E-state index in [4.69, 9.17) is 5.73 Å². The third-order valence-electron chi connectivity index (χ3n) is 7.16. The first-order valence-corrected chi connectivity index (χ1v) is 12.6. The second kappa shape index (κ2) is 9.96. The maximum Gasteiger partial charge on any atom is 0.226 e. The number of fused-ring (bicyclic) bond motifs is 1. The van der Waals surface area contributed by atoms with Gasteiger partial charge in [-0.1, -0.05) is 62.4 Å². The molecule has 0 unspecified atom stereocenters. The van der Waals surface area contributed by atoms with E-state index in [9.17, 15) is 4.79 Å². The van der Waals surface area contributed by atoms with Crippen molar-refractivity contribution in [3.8, 4) is 11.3 Å². The second-order valence-corrected chi connectivity index (χ2v) is 9.93. The number of amides is 1. The van der Waals surface area contributed by atoms with Gasteiger partial charge >= 0.3 is 0 Å². The van der Waals surface area contributed by atoms with Crippen molar-refractivity contribution in [1.29, 1.82) is 0 Å². The summed E-state index contributed by atoms with van der Waals surface area (Å²) in [5.74, 6) is 0.544. The maximum absolute atomic E-state index is 12.1. The fraction of sp³-hybridized carbons (Fsp3) is 0.300. The van der Waals surface area contributed by atoms with Crippen molar-refractivity contribution in [2.24, 2.45) is 5.92 Å². The van der Waals surface area contributed by atoms with Crippen LogP contribution in [0.1, 0.15) is 43.7 Å². The molecule has 0 spiro atoms. The third-order valence-corrected chi connectivity index (χ3v) is 7.16. The van der Waals surface area contributed by atoms with Gasteiger partial charge in [0, 0.05) is 40.3 Å². The summed E-state index contributed by atoms with van der Waals surface area (Å²) in [4.78, 5) is 18.3. The summed E-state index contributed by atoms with van der Waals surface area (Å²) in [6, 6.07) is 25.0. The van der Waals surface area contributed by atoms with Crippen LogP contribution in [0, 0.1) is 5.92 Å². The highest BCUT2D eigenvalue weighted by Crippen LogP contribution is 2.36. The van der Waals surface area contributed by atoms with E-state index in [2.05, 4.69) is 63.7 Å². The van der Waals surface area contributed by atoms with Gasteiger partial charge in [0.25, 0.3) is 0 Å². The van der Waals surface area contributed by atoms with E-state index in [1.807, 2.05) is 38.1 Å². The van der Waals surface area contributed by atoms with E-state index >= 15 is 0 Å². The molecule has 1 aliphatic heterocycles. The summed E-state index contributed by atoms with van der Waals surface area (Å²) in [6.07, 6.45) is 2.21. The highest BCUT2D eigenvalue weighted by Gasteiger charge is 2.24. The van der Waals surface area contributed by atoms with Gasteiger partial charge in [0.15, 0.2) is 0 Å². The molecule has 5 nitrogen and oxygen atoms in total. The van der Waals surface area contributed by atoms with E-state index in [-0.39, 0.29) is 11.8 Å². The Morgan fingerprint density at radius 3 is 2.54 bits per heavy atom. The SMILES string of the molecule is CC(C)C(=O)Nc1cccc(C2CCN(Cc3c(-c4ccccc4N)[nH]c4ccccc34)CC2)c1. The van der Waals surface area contributed by atoms with Gasteiger partial charge in [0.05, 0.1) is 5.69 Å². The molecule has 2 heterocycles. The molecule has 0 bridgehead atoms. The molecule has 1 aromatic heterocycles. The normalized spacial score (nSPS) is 15.1. The van der Waals surface area contributed by atoms with Gasteiger partial charge in [-0.05, 0) is 67.2 Å². The Morgan fingerprint density at radius 2 is 1.77 bits per heavy atom. The first-order valence-electron chi connectivity index (χ1n) is 12.6. The molecule has 1 fully saturated rings. The second-order valence-electron chi connectivity index (χ2n) is 9.93. The number of likely N-dealkylation sites (tertiary alicyclic amines) is 1. The van der Waals surface area contributed by atoms with Crippen molar-refractivity contribution in [2.75, 3.05) is 24.1 Å². The van der Waals surface area contributed by atoms with E-state index in [1.165, 1.54) is 16.5 Å². The Bertz CT molecular complexity index is 1330. The van der Waals surface area contributed by atoms with E-state index in [1.54, 1.807) is 0 Å². The topological polar surface area (TPSA) is 74.2 Å². The quantitative estimate of drug-likeness (QED) is 0.288. The summed E-state index contributed by atoms with van der Waals surface area (Å²) >= 11 is 0. The van der Waals surface area contributed by atoms with Crippen LogP contribution in [0.3, 0.4) is 0 Å². The zero-order valence-corrected chi connectivity index (χ0v) is 20.6. The number of nitrogens with zero attached hydrogens (tertiary/aromatic N) is 1. The molecular weight excluding hydrogens is 432 g/mol. The average Bonchev–Trinajstić information content (AvgIpc) is 3.23. The number of carbonyl (C=O) groups is 1. The van der Waals surface area contributed by atoms with Crippen LogP contribution < -0.4 is 11.1 Å². The number of rotatable bonds is 6. The predicted molar refractivity (Wildman–Crippen MR) is 145 cm³/mol. The first kappa shape index (κ1) is 23.2. The molecule has 0 aliphatic carbocycles. The minimum atomic E-state index is -0.0254. The number of hydrogen-bond acceptors (Lipinski definition) is 3. The fourth-order valence-corrected chi connectivity index (χ4v) is 5.12. The third kappa shape index (κ3) is 4.96. The number of piperidine rings is 1. The zero-order valence-electron chi connectivity index (χ0n) is 20.6. The Morgan fingerprint density at radius 1 is 1.03 bits per heavy atom. The van der Waals surface area contributed by atoms with Gasteiger partial charge in [-0.2, -0.15) is 0 Å². The summed E-state index contributed by atoms with van der Waals surface area (Å²) in [5.41, 5.74) is 14.0. The first-order chi connectivity index (χ1) is 17.0. The number of nitrogen functional groups attached to an aromatic ring is 1. The number of nitrogens with one attached hydrogen (secondary N) is 2. The van der Waals surface area contributed by atoms with E-state index < -0.39 is 0 Å². The van der Waals surface area contributed by atoms with Crippen LogP contribution in [-0.4, -0.2) is 28.9 Å². The largest absolute Gasteiger partial charge is 0.398 e. The summed E-state index contributed by atoms with van der Waals surface area (Å²) < 4.78 is 0. The van der Waals surface area contributed by atoms with Crippen LogP contribution in [-0.2, 0) is 11.3 Å². The molecule has 180 valence electrons. The molecule has 4 aromatic rings. The smallest absolute Gasteiger partial charge is 0.226 e. The minimum absolute atomic E-state index is 0.0254. The lowest BCUT2D eigenvalue weighted by Gasteiger charge is -2.32. The van der Waals surface area contributed by atoms with E-state index in [0.717, 1.165) is 60.6 Å². The van der Waals surface area contributed by atoms with Crippen LogP contribution in [0.15, 0.2) is 72.8 Å². The number of para-hydroxylation sites is 2. The van der Waals surface area contributed by atoms with Crippen LogP contribution in [0.4, 0.5) is 11.4 Å². The van der Waals surface area contributed by atoms with Gasteiger partial charge < -0.3 is 16.0 Å². The zero-order chi connectivity index (χ0) is 24.4. The molecule has 1 aliphatic rings. The number of hydrogen-bond donors (Lipinski definition) is 3. The summed E-state index contributed by atoms with van der Waals surface area (Å²) in [7, 11) is 0. The molecule has 0 radical (unpaired) electrons. The van der Waals surface area contributed by atoms with Gasteiger partial charge in [0.2, 0.25) is 5.91 Å². The molecule has 5 heteroatoms. The monoisotopic (exact) mass is 466 g/mol. The van der Waals surface area contributed by atoms with Crippen molar-refractivity contribution in [1.82, 2.24) is 9.88 Å². The molecule has 3 aromatic carbocycles. The molecule has 35 heavy (non-hydrogen) atoms. The van der Waals surface area contributed by atoms with Crippen molar-refractivity contribution >= 4 is 28.2 Å². The highest BCUT2D eigenvalue weighted by atomic mass is 16.1. The van der Waals surface area contributed by atoms with Crippen LogP contribution >= 0.6 is 0 Å².